The molecule has 1 saturated heterocycles. The van der Waals surface area contributed by atoms with E-state index in [0.717, 1.165) is 22.8 Å². The van der Waals surface area contributed by atoms with Crippen LogP contribution in [0.15, 0.2) is 70.0 Å². The Hall–Kier alpha value is -3.52. The van der Waals surface area contributed by atoms with Gasteiger partial charge in [0.05, 0.1) is 23.4 Å². The average Bonchev–Trinajstić information content (AvgIpc) is 3.35. The van der Waals surface area contributed by atoms with Gasteiger partial charge < -0.3 is 14.1 Å². The van der Waals surface area contributed by atoms with Crippen LogP contribution in [0.5, 0.6) is 5.75 Å². The number of para-hydroxylation sites is 1. The molecule has 1 aliphatic heterocycles. The van der Waals surface area contributed by atoms with Crippen molar-refractivity contribution in [2.75, 3.05) is 23.3 Å². The standard InChI is InChI=1S/C23H20N2O5S/c1-29-21-11-9-16(14-19(21)25-12-4-7-23(25)26)31(27,28)24-15-8-10-18-17-5-2-3-6-20(17)30-22(18)13-15/h2-3,5-6,8-11,13-14,24H,4,7,12H2,1H3. The van der Waals surface area contributed by atoms with Gasteiger partial charge >= 0.3 is 0 Å². The van der Waals surface area contributed by atoms with Crippen LogP contribution in [0.4, 0.5) is 11.4 Å². The zero-order valence-corrected chi connectivity index (χ0v) is 17.6. The van der Waals surface area contributed by atoms with Crippen molar-refractivity contribution in [2.45, 2.75) is 17.7 Å². The molecule has 31 heavy (non-hydrogen) atoms. The Morgan fingerprint density at radius 1 is 1.00 bits per heavy atom. The monoisotopic (exact) mass is 436 g/mol. The summed E-state index contributed by atoms with van der Waals surface area (Å²) in [4.78, 5) is 13.8. The Balaban J connectivity index is 1.50. The van der Waals surface area contributed by atoms with E-state index in [1.165, 1.54) is 19.2 Å². The number of methoxy groups -OCH3 is 1. The van der Waals surface area contributed by atoms with Gasteiger partial charge in [-0.3, -0.25) is 9.52 Å². The summed E-state index contributed by atoms with van der Waals surface area (Å²) in [6.45, 7) is 0.537. The van der Waals surface area contributed by atoms with Crippen molar-refractivity contribution in [3.05, 3.63) is 60.7 Å². The van der Waals surface area contributed by atoms with Gasteiger partial charge in [0.2, 0.25) is 5.91 Å². The van der Waals surface area contributed by atoms with Crippen LogP contribution in [0.1, 0.15) is 12.8 Å². The number of nitrogens with one attached hydrogen (secondary N) is 1. The summed E-state index contributed by atoms with van der Waals surface area (Å²) in [5.41, 5.74) is 2.19. The molecule has 0 bridgehead atoms. The van der Waals surface area contributed by atoms with E-state index in [4.69, 9.17) is 9.15 Å². The number of sulfonamides is 1. The van der Waals surface area contributed by atoms with E-state index in [0.29, 0.717) is 35.7 Å². The molecule has 0 atom stereocenters. The molecule has 7 nitrogen and oxygen atoms in total. The van der Waals surface area contributed by atoms with Gasteiger partial charge in [0.1, 0.15) is 16.9 Å². The molecule has 5 rings (SSSR count). The fourth-order valence-corrected chi connectivity index (χ4v) is 5.02. The summed E-state index contributed by atoms with van der Waals surface area (Å²) < 4.78 is 39.9. The van der Waals surface area contributed by atoms with Crippen molar-refractivity contribution in [1.82, 2.24) is 0 Å². The van der Waals surface area contributed by atoms with Crippen LogP contribution in [0.3, 0.4) is 0 Å². The van der Waals surface area contributed by atoms with Crippen LogP contribution in [0.25, 0.3) is 21.9 Å². The van der Waals surface area contributed by atoms with E-state index in [2.05, 4.69) is 4.72 Å². The van der Waals surface area contributed by atoms with Crippen molar-refractivity contribution in [2.24, 2.45) is 0 Å². The summed E-state index contributed by atoms with van der Waals surface area (Å²) in [5.74, 6) is 0.411. The number of rotatable bonds is 5. The summed E-state index contributed by atoms with van der Waals surface area (Å²) in [7, 11) is -2.40. The SMILES string of the molecule is COc1ccc(S(=O)(=O)Nc2ccc3c(c2)oc2ccccc23)cc1N1CCCC1=O. The maximum absolute atomic E-state index is 13.1. The smallest absolute Gasteiger partial charge is 0.261 e. The lowest BCUT2D eigenvalue weighted by atomic mass is 10.1. The third-order valence-electron chi connectivity index (χ3n) is 5.46. The maximum Gasteiger partial charge on any atom is 0.261 e. The minimum Gasteiger partial charge on any atom is -0.495 e. The lowest BCUT2D eigenvalue weighted by Crippen LogP contribution is -2.24. The number of carbonyl (C=O) groups is 1. The number of anilines is 2. The molecule has 0 spiro atoms. The van der Waals surface area contributed by atoms with E-state index in [1.54, 1.807) is 23.1 Å². The summed E-state index contributed by atoms with van der Waals surface area (Å²) in [6.07, 6.45) is 1.17. The normalized spacial score (nSPS) is 14.5. The zero-order valence-electron chi connectivity index (χ0n) is 16.8. The third kappa shape index (κ3) is 3.38. The second kappa shape index (κ2) is 7.31. The lowest BCUT2D eigenvalue weighted by Gasteiger charge is -2.20. The first kappa shape index (κ1) is 19.4. The second-order valence-corrected chi connectivity index (χ2v) is 9.08. The van der Waals surface area contributed by atoms with Gasteiger partial charge in [-0.25, -0.2) is 8.42 Å². The molecule has 1 amide bonds. The summed E-state index contributed by atoms with van der Waals surface area (Å²) in [5, 5.41) is 1.89. The average molecular weight is 436 g/mol. The Bertz CT molecular complexity index is 1420. The quantitative estimate of drug-likeness (QED) is 0.497. The highest BCUT2D eigenvalue weighted by molar-refractivity contribution is 7.92. The van der Waals surface area contributed by atoms with Crippen molar-refractivity contribution in [1.29, 1.82) is 0 Å². The van der Waals surface area contributed by atoms with Crippen molar-refractivity contribution in [3.63, 3.8) is 0 Å². The number of benzene rings is 3. The first-order chi connectivity index (χ1) is 15.0. The van der Waals surface area contributed by atoms with Gasteiger partial charge in [-0.1, -0.05) is 18.2 Å². The minimum atomic E-state index is -3.89. The van der Waals surface area contributed by atoms with Crippen LogP contribution in [0.2, 0.25) is 0 Å². The minimum absolute atomic E-state index is 0.0452. The molecule has 0 aliphatic carbocycles. The highest BCUT2D eigenvalue weighted by atomic mass is 32.2. The van der Waals surface area contributed by atoms with Gasteiger partial charge in [-0.15, -0.1) is 0 Å². The molecule has 2 heterocycles. The van der Waals surface area contributed by atoms with Gasteiger partial charge in [0.25, 0.3) is 10.0 Å². The van der Waals surface area contributed by atoms with Crippen LogP contribution in [-0.4, -0.2) is 28.0 Å². The van der Waals surface area contributed by atoms with Crippen LogP contribution in [-0.2, 0) is 14.8 Å². The predicted octanol–water partition coefficient (Wildman–Crippen LogP) is 4.52. The van der Waals surface area contributed by atoms with E-state index in [-0.39, 0.29) is 10.8 Å². The van der Waals surface area contributed by atoms with E-state index < -0.39 is 10.0 Å². The number of fused-ring (bicyclic) bond motifs is 3. The summed E-state index contributed by atoms with van der Waals surface area (Å²) >= 11 is 0. The molecule has 4 aromatic rings. The molecule has 8 heteroatoms. The molecule has 1 aromatic heterocycles. The van der Waals surface area contributed by atoms with Crippen LogP contribution >= 0.6 is 0 Å². The van der Waals surface area contributed by atoms with Gasteiger partial charge in [0, 0.05) is 29.8 Å². The highest BCUT2D eigenvalue weighted by Gasteiger charge is 2.26. The largest absolute Gasteiger partial charge is 0.495 e. The lowest BCUT2D eigenvalue weighted by molar-refractivity contribution is -0.117. The van der Waals surface area contributed by atoms with E-state index >= 15 is 0 Å². The number of furan rings is 1. The van der Waals surface area contributed by atoms with Gasteiger partial charge in [-0.2, -0.15) is 0 Å². The van der Waals surface area contributed by atoms with Gasteiger partial charge in [-0.05, 0) is 42.8 Å². The topological polar surface area (TPSA) is 88.8 Å². The molecule has 0 saturated carbocycles. The fraction of sp³-hybridized carbons (Fsp3) is 0.174. The molecular weight excluding hydrogens is 416 g/mol. The first-order valence-electron chi connectivity index (χ1n) is 9.89. The maximum atomic E-state index is 13.1. The zero-order chi connectivity index (χ0) is 21.6. The van der Waals surface area contributed by atoms with Crippen LogP contribution < -0.4 is 14.4 Å². The van der Waals surface area contributed by atoms with Crippen molar-refractivity contribution >= 4 is 49.2 Å². The van der Waals surface area contributed by atoms with Crippen molar-refractivity contribution < 1.29 is 22.4 Å². The number of nitrogens with zero attached hydrogens (tertiary/aromatic N) is 1. The predicted molar refractivity (Wildman–Crippen MR) is 119 cm³/mol. The Morgan fingerprint density at radius 3 is 2.58 bits per heavy atom. The Kier molecular flexibility index (Phi) is 4.59. The molecule has 158 valence electrons. The molecule has 3 aromatic carbocycles. The number of carbonyl (C=O) groups excluding carboxylic acids is 1. The molecule has 0 unspecified atom stereocenters. The third-order valence-corrected chi connectivity index (χ3v) is 6.83. The Morgan fingerprint density at radius 2 is 1.81 bits per heavy atom. The fourth-order valence-electron chi connectivity index (χ4n) is 3.95. The first-order valence-corrected chi connectivity index (χ1v) is 11.4. The summed E-state index contributed by atoms with van der Waals surface area (Å²) in [6, 6.07) is 17.4. The molecule has 1 N–H and O–H groups in total. The number of amides is 1. The Labute approximate surface area is 179 Å². The molecular formula is C23H20N2O5S. The van der Waals surface area contributed by atoms with Gasteiger partial charge in [0.15, 0.2) is 0 Å². The highest BCUT2D eigenvalue weighted by Crippen LogP contribution is 2.35. The molecule has 1 fully saturated rings. The molecule has 0 radical (unpaired) electrons. The number of ether oxygens (including phenoxy) is 1. The van der Waals surface area contributed by atoms with E-state index in [1.807, 2.05) is 30.3 Å². The number of hydrogen-bond donors (Lipinski definition) is 1. The van der Waals surface area contributed by atoms with Crippen LogP contribution in [0, 0.1) is 0 Å². The molecule has 1 aliphatic rings. The second-order valence-electron chi connectivity index (χ2n) is 7.40. The van der Waals surface area contributed by atoms with E-state index in [9.17, 15) is 13.2 Å². The number of hydrogen-bond acceptors (Lipinski definition) is 5. The van der Waals surface area contributed by atoms with Crippen molar-refractivity contribution in [3.8, 4) is 5.75 Å².